The molecule has 1 aromatic rings. The third-order valence-corrected chi connectivity index (χ3v) is 3.84. The summed E-state index contributed by atoms with van der Waals surface area (Å²) < 4.78 is 19.9. The monoisotopic (exact) mass is 265 g/mol. The second-order valence-corrected chi connectivity index (χ2v) is 5.39. The van der Waals surface area contributed by atoms with Gasteiger partial charge in [0.2, 0.25) is 0 Å². The Bertz CT molecular complexity index is 402. The van der Waals surface area contributed by atoms with E-state index < -0.39 is 0 Å². The predicted molar refractivity (Wildman–Crippen MR) is 75.7 cm³/mol. The van der Waals surface area contributed by atoms with E-state index >= 15 is 0 Å². The van der Waals surface area contributed by atoms with Gasteiger partial charge >= 0.3 is 0 Å². The van der Waals surface area contributed by atoms with E-state index in [9.17, 15) is 4.39 Å². The summed E-state index contributed by atoms with van der Waals surface area (Å²) in [7, 11) is 0. The fraction of sp³-hybridized carbons (Fsp3) is 0.625. The van der Waals surface area contributed by atoms with E-state index in [2.05, 4.69) is 12.2 Å². The molecule has 1 aliphatic rings. The largest absolute Gasteiger partial charge is 0.381 e. The SMILES string of the molecule is CCCNC(c1cccc(C)c1F)C1CCCOC1. The quantitative estimate of drug-likeness (QED) is 0.878. The zero-order valence-corrected chi connectivity index (χ0v) is 11.9. The Morgan fingerprint density at radius 3 is 3.00 bits per heavy atom. The first-order chi connectivity index (χ1) is 9.24. The molecule has 1 fully saturated rings. The van der Waals surface area contributed by atoms with Crippen molar-refractivity contribution in [3.05, 3.63) is 35.1 Å². The van der Waals surface area contributed by atoms with Crippen molar-refractivity contribution in [2.75, 3.05) is 19.8 Å². The van der Waals surface area contributed by atoms with Crippen LogP contribution < -0.4 is 5.32 Å². The van der Waals surface area contributed by atoms with Gasteiger partial charge in [-0.25, -0.2) is 4.39 Å². The van der Waals surface area contributed by atoms with Crippen molar-refractivity contribution in [3.63, 3.8) is 0 Å². The van der Waals surface area contributed by atoms with Gasteiger partial charge in [0.1, 0.15) is 5.82 Å². The van der Waals surface area contributed by atoms with Crippen molar-refractivity contribution < 1.29 is 9.13 Å². The van der Waals surface area contributed by atoms with E-state index in [4.69, 9.17) is 4.74 Å². The summed E-state index contributed by atoms with van der Waals surface area (Å²) in [6.45, 7) is 6.44. The van der Waals surface area contributed by atoms with Crippen LogP contribution >= 0.6 is 0 Å². The molecule has 0 amide bonds. The van der Waals surface area contributed by atoms with E-state index in [0.717, 1.165) is 50.1 Å². The summed E-state index contributed by atoms with van der Waals surface area (Å²) in [5.41, 5.74) is 1.52. The molecule has 2 unspecified atom stereocenters. The van der Waals surface area contributed by atoms with Crippen molar-refractivity contribution in [1.82, 2.24) is 5.32 Å². The molecule has 0 bridgehead atoms. The van der Waals surface area contributed by atoms with Crippen LogP contribution in [-0.2, 0) is 4.74 Å². The zero-order chi connectivity index (χ0) is 13.7. The summed E-state index contributed by atoms with van der Waals surface area (Å²) in [6.07, 6.45) is 3.23. The van der Waals surface area contributed by atoms with Gasteiger partial charge in [0.15, 0.2) is 0 Å². The van der Waals surface area contributed by atoms with Crippen LogP contribution in [0.3, 0.4) is 0 Å². The Kier molecular flexibility index (Phi) is 5.34. The van der Waals surface area contributed by atoms with Crippen LogP contribution in [0.15, 0.2) is 18.2 Å². The summed E-state index contributed by atoms with van der Waals surface area (Å²) in [6, 6.07) is 5.75. The number of nitrogens with one attached hydrogen (secondary N) is 1. The van der Waals surface area contributed by atoms with Crippen molar-refractivity contribution in [2.45, 2.75) is 39.2 Å². The number of halogens is 1. The maximum Gasteiger partial charge on any atom is 0.130 e. The standard InChI is InChI=1S/C16H24FNO/c1-3-9-18-16(13-7-5-10-19-11-13)14-8-4-6-12(2)15(14)17/h4,6,8,13,16,18H,3,5,7,9-11H2,1-2H3. The number of benzene rings is 1. The zero-order valence-electron chi connectivity index (χ0n) is 11.9. The van der Waals surface area contributed by atoms with E-state index in [1.165, 1.54) is 0 Å². The minimum atomic E-state index is -0.0679. The fourth-order valence-corrected chi connectivity index (χ4v) is 2.77. The fourth-order valence-electron chi connectivity index (χ4n) is 2.77. The Hall–Kier alpha value is -0.930. The molecule has 1 aliphatic heterocycles. The molecule has 2 nitrogen and oxygen atoms in total. The summed E-state index contributed by atoms with van der Waals surface area (Å²) in [5, 5.41) is 3.50. The Balaban J connectivity index is 2.22. The molecular weight excluding hydrogens is 241 g/mol. The van der Waals surface area contributed by atoms with Gasteiger partial charge in [0.25, 0.3) is 0 Å². The van der Waals surface area contributed by atoms with Crippen LogP contribution in [0.2, 0.25) is 0 Å². The molecule has 0 aromatic heterocycles. The molecule has 1 saturated heterocycles. The molecule has 19 heavy (non-hydrogen) atoms. The summed E-state index contributed by atoms with van der Waals surface area (Å²) in [4.78, 5) is 0. The molecule has 1 N–H and O–H groups in total. The van der Waals surface area contributed by atoms with Gasteiger partial charge in [-0.2, -0.15) is 0 Å². The lowest BCUT2D eigenvalue weighted by molar-refractivity contribution is 0.0385. The minimum Gasteiger partial charge on any atom is -0.381 e. The van der Waals surface area contributed by atoms with Gasteiger partial charge < -0.3 is 10.1 Å². The summed E-state index contributed by atoms with van der Waals surface area (Å²) >= 11 is 0. The second-order valence-electron chi connectivity index (χ2n) is 5.39. The molecule has 0 spiro atoms. The van der Waals surface area contributed by atoms with E-state index in [-0.39, 0.29) is 11.9 Å². The Morgan fingerprint density at radius 2 is 2.32 bits per heavy atom. The van der Waals surface area contributed by atoms with Gasteiger partial charge in [0.05, 0.1) is 6.61 Å². The van der Waals surface area contributed by atoms with Crippen LogP contribution in [-0.4, -0.2) is 19.8 Å². The Labute approximate surface area is 115 Å². The highest BCUT2D eigenvalue weighted by molar-refractivity contribution is 5.28. The van der Waals surface area contributed by atoms with Gasteiger partial charge in [0, 0.05) is 24.1 Å². The topological polar surface area (TPSA) is 21.3 Å². The van der Waals surface area contributed by atoms with Gasteiger partial charge in [-0.15, -0.1) is 0 Å². The lowest BCUT2D eigenvalue weighted by Gasteiger charge is -2.31. The van der Waals surface area contributed by atoms with Crippen LogP contribution in [0, 0.1) is 18.7 Å². The molecule has 0 aliphatic carbocycles. The van der Waals surface area contributed by atoms with Crippen molar-refractivity contribution in [2.24, 2.45) is 5.92 Å². The normalized spacial score (nSPS) is 21.3. The minimum absolute atomic E-state index is 0.0679. The highest BCUT2D eigenvalue weighted by Gasteiger charge is 2.27. The molecule has 1 aromatic carbocycles. The van der Waals surface area contributed by atoms with Crippen molar-refractivity contribution in [1.29, 1.82) is 0 Å². The van der Waals surface area contributed by atoms with Crippen LogP contribution in [0.1, 0.15) is 43.4 Å². The van der Waals surface area contributed by atoms with E-state index in [1.54, 1.807) is 0 Å². The summed E-state index contributed by atoms with van der Waals surface area (Å²) in [5.74, 6) is 0.304. The number of hydrogen-bond acceptors (Lipinski definition) is 2. The maximum absolute atomic E-state index is 14.4. The van der Waals surface area contributed by atoms with Gasteiger partial charge in [-0.3, -0.25) is 0 Å². The molecule has 2 rings (SSSR count). The smallest absolute Gasteiger partial charge is 0.130 e. The average molecular weight is 265 g/mol. The number of rotatable bonds is 5. The molecular formula is C16H24FNO. The third-order valence-electron chi connectivity index (χ3n) is 3.84. The first-order valence-electron chi connectivity index (χ1n) is 7.30. The lowest BCUT2D eigenvalue weighted by atomic mass is 9.87. The number of ether oxygens (including phenoxy) is 1. The molecule has 106 valence electrons. The van der Waals surface area contributed by atoms with E-state index in [1.807, 2.05) is 25.1 Å². The second kappa shape index (κ2) is 7.01. The van der Waals surface area contributed by atoms with Gasteiger partial charge in [-0.05, 0) is 38.3 Å². The van der Waals surface area contributed by atoms with E-state index in [0.29, 0.717) is 5.92 Å². The van der Waals surface area contributed by atoms with Crippen molar-refractivity contribution >= 4 is 0 Å². The average Bonchev–Trinajstić information content (AvgIpc) is 2.45. The van der Waals surface area contributed by atoms with Crippen molar-refractivity contribution in [3.8, 4) is 0 Å². The highest BCUT2D eigenvalue weighted by atomic mass is 19.1. The predicted octanol–water partition coefficient (Wildman–Crippen LogP) is 3.60. The first-order valence-corrected chi connectivity index (χ1v) is 7.30. The van der Waals surface area contributed by atoms with Gasteiger partial charge in [-0.1, -0.05) is 25.1 Å². The molecule has 0 radical (unpaired) electrons. The molecule has 3 heteroatoms. The maximum atomic E-state index is 14.4. The number of hydrogen-bond donors (Lipinski definition) is 1. The Morgan fingerprint density at radius 1 is 1.47 bits per heavy atom. The van der Waals surface area contributed by atoms with Crippen LogP contribution in [0.5, 0.6) is 0 Å². The lowest BCUT2D eigenvalue weighted by Crippen LogP contribution is -2.34. The molecule has 1 heterocycles. The third kappa shape index (κ3) is 3.54. The molecule has 0 saturated carbocycles. The first kappa shape index (κ1) is 14.5. The molecule has 2 atom stereocenters. The highest BCUT2D eigenvalue weighted by Crippen LogP contribution is 2.31. The van der Waals surface area contributed by atoms with Crippen LogP contribution in [0.4, 0.5) is 4.39 Å². The van der Waals surface area contributed by atoms with Crippen LogP contribution in [0.25, 0.3) is 0 Å². The number of aryl methyl sites for hydroxylation is 1.